The van der Waals surface area contributed by atoms with E-state index in [1.165, 1.54) is 4.90 Å². The number of hydrogen-bond donors (Lipinski definition) is 1. The van der Waals surface area contributed by atoms with Crippen molar-refractivity contribution in [3.8, 4) is 0 Å². The van der Waals surface area contributed by atoms with Gasteiger partial charge in [0.05, 0.1) is 0 Å². The van der Waals surface area contributed by atoms with Gasteiger partial charge in [-0.15, -0.1) is 0 Å². The lowest BCUT2D eigenvalue weighted by Gasteiger charge is -2.40. The van der Waals surface area contributed by atoms with Crippen LogP contribution in [0.2, 0.25) is 0 Å². The number of carboxylic acid groups (broad SMARTS) is 1. The average molecular weight is 355 g/mol. The van der Waals surface area contributed by atoms with Gasteiger partial charge in [0.15, 0.2) is 3.55 Å². The molecule has 1 unspecified atom stereocenters. The number of likely N-dealkylation sites (tertiary alicyclic amines) is 1. The highest BCUT2D eigenvalue weighted by Crippen LogP contribution is 2.35. The van der Waals surface area contributed by atoms with Crippen LogP contribution in [0.4, 0.5) is 4.79 Å². The number of aliphatic carboxylic acids is 1. The number of ether oxygens (including phenoxy) is 1. The first-order valence-corrected chi connectivity index (χ1v) is 6.67. The Morgan fingerprint density at radius 2 is 1.94 bits per heavy atom. The molecule has 0 spiro atoms. The number of piperidine rings is 1. The number of halogens is 1. The zero-order chi connectivity index (χ0) is 13.3. The van der Waals surface area contributed by atoms with Crippen molar-refractivity contribution < 1.29 is 19.4 Å². The number of rotatable bonds is 1. The van der Waals surface area contributed by atoms with Gasteiger partial charge in [-0.05, 0) is 62.6 Å². The number of carboxylic acids is 1. The van der Waals surface area contributed by atoms with Gasteiger partial charge >= 0.3 is 12.1 Å². The van der Waals surface area contributed by atoms with Gasteiger partial charge < -0.3 is 9.84 Å². The lowest BCUT2D eigenvalue weighted by molar-refractivity contribution is -0.145. The first-order chi connectivity index (χ1) is 7.67. The summed E-state index contributed by atoms with van der Waals surface area (Å²) in [4.78, 5) is 24.6. The minimum Gasteiger partial charge on any atom is -0.479 e. The van der Waals surface area contributed by atoms with Crippen LogP contribution in [0.15, 0.2) is 0 Å². The minimum absolute atomic E-state index is 0.435. The van der Waals surface area contributed by atoms with Crippen molar-refractivity contribution in [2.24, 2.45) is 0 Å². The van der Waals surface area contributed by atoms with Gasteiger partial charge in [0, 0.05) is 6.54 Å². The fourth-order valence-corrected chi connectivity index (χ4v) is 2.54. The molecule has 5 nitrogen and oxygen atoms in total. The van der Waals surface area contributed by atoms with Gasteiger partial charge in [-0.25, -0.2) is 9.59 Å². The maximum atomic E-state index is 12.0. The summed E-state index contributed by atoms with van der Waals surface area (Å²) < 4.78 is 4.07. The molecule has 98 valence electrons. The highest BCUT2D eigenvalue weighted by molar-refractivity contribution is 14.1. The molecule has 17 heavy (non-hydrogen) atoms. The molecule has 1 fully saturated rings. The van der Waals surface area contributed by atoms with E-state index in [0.717, 1.165) is 12.8 Å². The number of hydrogen-bond acceptors (Lipinski definition) is 3. The van der Waals surface area contributed by atoms with E-state index in [0.29, 0.717) is 13.0 Å². The SMILES string of the molecule is CC(C)(C)OC(=O)N1CCCCC1(I)C(=O)O. The molecule has 0 bridgehead atoms. The van der Waals surface area contributed by atoms with Crippen molar-refractivity contribution in [1.82, 2.24) is 4.90 Å². The Balaban J connectivity index is 2.86. The fraction of sp³-hybridized carbons (Fsp3) is 0.818. The predicted octanol–water partition coefficient (Wildman–Crippen LogP) is 2.62. The lowest BCUT2D eigenvalue weighted by Crippen LogP contribution is -2.56. The normalized spacial score (nSPS) is 25.5. The van der Waals surface area contributed by atoms with Crippen LogP contribution in [0, 0.1) is 0 Å². The molecule has 0 aromatic heterocycles. The Morgan fingerprint density at radius 3 is 2.41 bits per heavy atom. The molecular formula is C11H18INO4. The van der Waals surface area contributed by atoms with Crippen molar-refractivity contribution in [2.45, 2.75) is 49.2 Å². The molecule has 1 saturated heterocycles. The summed E-state index contributed by atoms with van der Waals surface area (Å²) in [7, 11) is 0. The molecule has 0 aromatic carbocycles. The molecule has 0 aromatic rings. The molecule has 1 aliphatic rings. The third-order valence-corrected chi connectivity index (χ3v) is 4.09. The van der Waals surface area contributed by atoms with Crippen LogP contribution < -0.4 is 0 Å². The minimum atomic E-state index is -1.17. The van der Waals surface area contributed by atoms with Gasteiger partial charge in [-0.2, -0.15) is 0 Å². The van der Waals surface area contributed by atoms with Crippen LogP contribution in [0.1, 0.15) is 40.0 Å². The zero-order valence-electron chi connectivity index (χ0n) is 10.3. The van der Waals surface area contributed by atoms with Gasteiger partial charge in [0.2, 0.25) is 0 Å². The van der Waals surface area contributed by atoms with Crippen LogP contribution in [0.25, 0.3) is 0 Å². The second-order valence-corrected chi connectivity index (χ2v) is 6.94. The van der Waals surface area contributed by atoms with Gasteiger partial charge in [0.1, 0.15) is 5.60 Å². The molecule has 1 rings (SSSR count). The quantitative estimate of drug-likeness (QED) is 0.446. The number of carbonyl (C=O) groups excluding carboxylic acids is 1. The Morgan fingerprint density at radius 1 is 1.35 bits per heavy atom. The van der Waals surface area contributed by atoms with Crippen LogP contribution >= 0.6 is 22.6 Å². The summed E-state index contributed by atoms with van der Waals surface area (Å²) in [5.74, 6) is -0.983. The van der Waals surface area contributed by atoms with E-state index in [1.54, 1.807) is 20.8 Å². The van der Waals surface area contributed by atoms with E-state index >= 15 is 0 Å². The lowest BCUT2D eigenvalue weighted by atomic mass is 10.0. The Kier molecular flexibility index (Phi) is 4.27. The summed E-state index contributed by atoms with van der Waals surface area (Å²) >= 11 is 1.83. The molecule has 1 amide bonds. The highest BCUT2D eigenvalue weighted by Gasteiger charge is 2.47. The summed E-state index contributed by atoms with van der Waals surface area (Å²) in [6, 6.07) is 0. The van der Waals surface area contributed by atoms with Crippen molar-refractivity contribution in [3.05, 3.63) is 0 Å². The molecule has 1 heterocycles. The first kappa shape index (κ1) is 14.5. The van der Waals surface area contributed by atoms with Crippen molar-refractivity contribution in [3.63, 3.8) is 0 Å². The summed E-state index contributed by atoms with van der Waals surface area (Å²) in [5.41, 5.74) is -0.607. The largest absolute Gasteiger partial charge is 0.479 e. The molecular weight excluding hydrogens is 337 g/mol. The van der Waals surface area contributed by atoms with Crippen LogP contribution in [0.5, 0.6) is 0 Å². The highest BCUT2D eigenvalue weighted by atomic mass is 127. The maximum Gasteiger partial charge on any atom is 0.411 e. The van der Waals surface area contributed by atoms with Gasteiger partial charge in [-0.1, -0.05) is 0 Å². The van der Waals surface area contributed by atoms with E-state index in [-0.39, 0.29) is 0 Å². The molecule has 0 radical (unpaired) electrons. The second kappa shape index (κ2) is 4.99. The second-order valence-electron chi connectivity index (χ2n) is 5.15. The van der Waals surface area contributed by atoms with E-state index in [9.17, 15) is 14.7 Å². The standard InChI is InChI=1S/C11H18INO4/c1-10(2,3)17-9(16)13-7-5-4-6-11(13,12)8(14)15/h4-7H2,1-3H3,(H,14,15). The molecule has 0 aliphatic carbocycles. The van der Waals surface area contributed by atoms with Crippen molar-refractivity contribution in [2.75, 3.05) is 6.54 Å². The average Bonchev–Trinajstić information content (AvgIpc) is 2.15. The number of nitrogens with zero attached hydrogens (tertiary/aromatic N) is 1. The van der Waals surface area contributed by atoms with Crippen molar-refractivity contribution >= 4 is 34.7 Å². The van der Waals surface area contributed by atoms with E-state index < -0.39 is 21.2 Å². The molecule has 1 atom stereocenters. The number of alkyl halides is 1. The third kappa shape index (κ3) is 3.46. The van der Waals surface area contributed by atoms with Crippen LogP contribution in [-0.4, -0.2) is 37.8 Å². The smallest absolute Gasteiger partial charge is 0.411 e. The van der Waals surface area contributed by atoms with Crippen LogP contribution in [-0.2, 0) is 9.53 Å². The summed E-state index contributed by atoms with van der Waals surface area (Å²) in [6.07, 6.45) is 1.54. The predicted molar refractivity (Wildman–Crippen MR) is 71.2 cm³/mol. The van der Waals surface area contributed by atoms with Gasteiger partial charge in [0.25, 0.3) is 0 Å². The zero-order valence-corrected chi connectivity index (χ0v) is 12.5. The van der Waals surface area contributed by atoms with Crippen molar-refractivity contribution in [1.29, 1.82) is 0 Å². The van der Waals surface area contributed by atoms with Gasteiger partial charge in [-0.3, -0.25) is 4.90 Å². The summed E-state index contributed by atoms with van der Waals surface area (Å²) in [6.45, 7) is 5.74. The molecule has 1 N–H and O–H groups in total. The molecule has 0 saturated carbocycles. The molecule has 6 heteroatoms. The van der Waals surface area contributed by atoms with E-state index in [2.05, 4.69) is 0 Å². The third-order valence-electron chi connectivity index (χ3n) is 2.51. The maximum absolute atomic E-state index is 12.0. The Bertz CT molecular complexity index is 326. The topological polar surface area (TPSA) is 66.8 Å². The molecule has 1 aliphatic heterocycles. The summed E-state index contributed by atoms with van der Waals surface area (Å²) in [5, 5.41) is 9.26. The Labute approximate surface area is 115 Å². The van der Waals surface area contributed by atoms with E-state index in [4.69, 9.17) is 4.74 Å². The fourth-order valence-electron chi connectivity index (χ4n) is 1.72. The monoisotopic (exact) mass is 355 g/mol. The number of carbonyl (C=O) groups is 2. The van der Waals surface area contributed by atoms with Crippen LogP contribution in [0.3, 0.4) is 0 Å². The van der Waals surface area contributed by atoms with E-state index in [1.807, 2.05) is 22.6 Å². The first-order valence-electron chi connectivity index (χ1n) is 5.60. The Hall–Kier alpha value is -0.530. The number of amides is 1.